The lowest BCUT2D eigenvalue weighted by Gasteiger charge is -2.09. The van der Waals surface area contributed by atoms with E-state index in [1.807, 2.05) is 0 Å². The van der Waals surface area contributed by atoms with Crippen LogP contribution in [0.25, 0.3) is 5.69 Å². The van der Waals surface area contributed by atoms with Crippen molar-refractivity contribution in [1.29, 1.82) is 0 Å². The standard InChI is InChI=1S/C17H14ClN5O3/c18-13-7-5-12(6-8-13)9-19-16(24)10-26-17(25)14-3-1-2-4-15(14)23-11-20-21-22-23/h1-8,11H,9-10H2,(H,19,24). The fraction of sp³-hybridized carbons (Fsp3) is 0.118. The van der Waals surface area contributed by atoms with Crippen LogP contribution in [0.4, 0.5) is 0 Å². The molecule has 0 bridgehead atoms. The Morgan fingerprint density at radius 1 is 1.12 bits per heavy atom. The topological polar surface area (TPSA) is 99.0 Å². The third kappa shape index (κ3) is 4.42. The van der Waals surface area contributed by atoms with Gasteiger partial charge in [0.05, 0.1) is 11.3 Å². The Balaban J connectivity index is 1.56. The smallest absolute Gasteiger partial charge is 0.340 e. The van der Waals surface area contributed by atoms with Crippen molar-refractivity contribution in [3.05, 3.63) is 71.0 Å². The number of esters is 1. The zero-order valence-electron chi connectivity index (χ0n) is 13.5. The molecule has 9 heteroatoms. The second-order valence-electron chi connectivity index (χ2n) is 5.25. The summed E-state index contributed by atoms with van der Waals surface area (Å²) in [5.74, 6) is -1.05. The average Bonchev–Trinajstić information content (AvgIpc) is 3.20. The van der Waals surface area contributed by atoms with Gasteiger partial charge in [0.15, 0.2) is 6.61 Å². The summed E-state index contributed by atoms with van der Waals surface area (Å²) in [6.07, 6.45) is 1.37. The van der Waals surface area contributed by atoms with Gasteiger partial charge in [0.2, 0.25) is 0 Å². The van der Waals surface area contributed by atoms with Crippen molar-refractivity contribution >= 4 is 23.5 Å². The van der Waals surface area contributed by atoms with Crippen LogP contribution in [-0.2, 0) is 16.1 Å². The van der Waals surface area contributed by atoms with Gasteiger partial charge < -0.3 is 10.1 Å². The zero-order chi connectivity index (χ0) is 18.4. The Bertz CT molecular complexity index is 897. The van der Waals surface area contributed by atoms with Crippen LogP contribution in [0, 0.1) is 0 Å². The number of hydrogen-bond acceptors (Lipinski definition) is 6. The normalized spacial score (nSPS) is 10.3. The largest absolute Gasteiger partial charge is 0.452 e. The first kappa shape index (κ1) is 17.6. The minimum atomic E-state index is -0.641. The van der Waals surface area contributed by atoms with E-state index in [1.54, 1.807) is 48.5 Å². The molecule has 1 heterocycles. The van der Waals surface area contributed by atoms with E-state index in [-0.39, 0.29) is 5.56 Å². The lowest BCUT2D eigenvalue weighted by atomic mass is 10.2. The van der Waals surface area contributed by atoms with E-state index >= 15 is 0 Å². The van der Waals surface area contributed by atoms with Crippen molar-refractivity contribution in [2.75, 3.05) is 6.61 Å². The summed E-state index contributed by atoms with van der Waals surface area (Å²) in [7, 11) is 0. The number of ether oxygens (including phenoxy) is 1. The summed E-state index contributed by atoms with van der Waals surface area (Å²) in [5, 5.41) is 14.1. The average molecular weight is 372 g/mol. The van der Waals surface area contributed by atoms with E-state index in [9.17, 15) is 9.59 Å². The number of benzene rings is 2. The second-order valence-corrected chi connectivity index (χ2v) is 5.69. The summed E-state index contributed by atoms with van der Waals surface area (Å²) < 4.78 is 6.43. The van der Waals surface area contributed by atoms with Crippen LogP contribution >= 0.6 is 11.6 Å². The van der Waals surface area contributed by atoms with Crippen LogP contribution < -0.4 is 5.32 Å². The Hall–Kier alpha value is -3.26. The van der Waals surface area contributed by atoms with Gasteiger partial charge in [0.25, 0.3) is 5.91 Å². The molecule has 0 unspecified atom stereocenters. The molecule has 132 valence electrons. The predicted octanol–water partition coefficient (Wildman–Crippen LogP) is 1.79. The van der Waals surface area contributed by atoms with E-state index in [0.29, 0.717) is 17.3 Å². The Morgan fingerprint density at radius 3 is 2.62 bits per heavy atom. The highest BCUT2D eigenvalue weighted by molar-refractivity contribution is 6.30. The van der Waals surface area contributed by atoms with Crippen LogP contribution in [0.3, 0.4) is 0 Å². The van der Waals surface area contributed by atoms with E-state index in [2.05, 4.69) is 20.8 Å². The van der Waals surface area contributed by atoms with Gasteiger partial charge in [-0.3, -0.25) is 4.79 Å². The van der Waals surface area contributed by atoms with Crippen LogP contribution in [0.2, 0.25) is 5.02 Å². The number of hydrogen-bond donors (Lipinski definition) is 1. The first-order valence-electron chi connectivity index (χ1n) is 7.64. The number of halogens is 1. The number of carbonyl (C=O) groups excluding carboxylic acids is 2. The van der Waals surface area contributed by atoms with Gasteiger partial charge in [-0.2, -0.15) is 4.68 Å². The molecular weight excluding hydrogens is 358 g/mol. The lowest BCUT2D eigenvalue weighted by molar-refractivity contribution is -0.124. The summed E-state index contributed by atoms with van der Waals surface area (Å²) in [6.45, 7) is -0.0782. The molecule has 0 aliphatic heterocycles. The van der Waals surface area contributed by atoms with Crippen molar-refractivity contribution in [2.24, 2.45) is 0 Å². The fourth-order valence-electron chi connectivity index (χ4n) is 2.18. The number of nitrogens with one attached hydrogen (secondary N) is 1. The van der Waals surface area contributed by atoms with Crippen LogP contribution in [0.1, 0.15) is 15.9 Å². The van der Waals surface area contributed by atoms with Crippen molar-refractivity contribution in [3.63, 3.8) is 0 Å². The Kier molecular flexibility index (Phi) is 5.55. The number of tetrazole rings is 1. The van der Waals surface area contributed by atoms with Gasteiger partial charge in [-0.25, -0.2) is 4.79 Å². The van der Waals surface area contributed by atoms with E-state index in [4.69, 9.17) is 16.3 Å². The maximum absolute atomic E-state index is 12.3. The molecule has 0 fully saturated rings. The van der Waals surface area contributed by atoms with E-state index in [0.717, 1.165) is 5.56 Å². The van der Waals surface area contributed by atoms with Crippen LogP contribution in [0.5, 0.6) is 0 Å². The molecule has 0 aliphatic rings. The van der Waals surface area contributed by atoms with Crippen molar-refractivity contribution in [2.45, 2.75) is 6.54 Å². The molecule has 3 rings (SSSR count). The SMILES string of the molecule is O=C(COC(=O)c1ccccc1-n1cnnn1)NCc1ccc(Cl)cc1. The molecule has 1 amide bonds. The maximum Gasteiger partial charge on any atom is 0.340 e. The zero-order valence-corrected chi connectivity index (χ0v) is 14.3. The quantitative estimate of drug-likeness (QED) is 0.663. The lowest BCUT2D eigenvalue weighted by Crippen LogP contribution is -2.28. The summed E-state index contributed by atoms with van der Waals surface area (Å²) >= 11 is 5.81. The van der Waals surface area contributed by atoms with E-state index in [1.165, 1.54) is 11.0 Å². The third-order valence-electron chi connectivity index (χ3n) is 3.46. The second kappa shape index (κ2) is 8.21. The molecule has 3 aromatic rings. The van der Waals surface area contributed by atoms with Crippen molar-refractivity contribution in [3.8, 4) is 5.69 Å². The van der Waals surface area contributed by atoms with Gasteiger partial charge in [-0.15, -0.1) is 5.10 Å². The number of aromatic nitrogens is 4. The summed E-state index contributed by atoms with van der Waals surface area (Å²) in [5.41, 5.74) is 1.60. The van der Waals surface area contributed by atoms with E-state index < -0.39 is 18.5 Å². The summed E-state index contributed by atoms with van der Waals surface area (Å²) in [4.78, 5) is 24.2. The third-order valence-corrected chi connectivity index (χ3v) is 3.71. The number of nitrogens with zero attached hydrogens (tertiary/aromatic N) is 4. The molecule has 26 heavy (non-hydrogen) atoms. The Morgan fingerprint density at radius 2 is 1.88 bits per heavy atom. The van der Waals surface area contributed by atoms with Gasteiger partial charge >= 0.3 is 5.97 Å². The summed E-state index contributed by atoms with van der Waals surface area (Å²) in [6, 6.07) is 13.8. The Labute approximate surface area is 153 Å². The highest BCUT2D eigenvalue weighted by atomic mass is 35.5. The monoisotopic (exact) mass is 371 g/mol. The maximum atomic E-state index is 12.3. The number of carbonyl (C=O) groups is 2. The van der Waals surface area contributed by atoms with Crippen molar-refractivity contribution in [1.82, 2.24) is 25.5 Å². The fourth-order valence-corrected chi connectivity index (χ4v) is 2.31. The molecule has 0 saturated carbocycles. The predicted molar refractivity (Wildman–Crippen MR) is 92.7 cm³/mol. The van der Waals surface area contributed by atoms with Gasteiger partial charge in [-0.05, 0) is 40.3 Å². The highest BCUT2D eigenvalue weighted by Crippen LogP contribution is 2.14. The first-order chi connectivity index (χ1) is 12.6. The molecule has 0 spiro atoms. The molecule has 0 aliphatic carbocycles. The minimum absolute atomic E-state index is 0.255. The highest BCUT2D eigenvalue weighted by Gasteiger charge is 2.16. The van der Waals surface area contributed by atoms with Gasteiger partial charge in [0.1, 0.15) is 6.33 Å². The molecule has 0 radical (unpaired) electrons. The van der Waals surface area contributed by atoms with Crippen molar-refractivity contribution < 1.29 is 14.3 Å². The number of para-hydroxylation sites is 1. The van der Waals surface area contributed by atoms with Gasteiger partial charge in [0, 0.05) is 11.6 Å². The van der Waals surface area contributed by atoms with Crippen LogP contribution in [0.15, 0.2) is 54.9 Å². The molecule has 1 aromatic heterocycles. The number of amides is 1. The number of rotatable bonds is 6. The van der Waals surface area contributed by atoms with Crippen LogP contribution in [-0.4, -0.2) is 38.7 Å². The van der Waals surface area contributed by atoms with Gasteiger partial charge in [-0.1, -0.05) is 35.9 Å². The first-order valence-corrected chi connectivity index (χ1v) is 8.02. The molecular formula is C17H14ClN5O3. The molecule has 0 atom stereocenters. The molecule has 0 saturated heterocycles. The minimum Gasteiger partial charge on any atom is -0.452 e. The molecule has 1 N–H and O–H groups in total. The molecule has 2 aromatic carbocycles. The molecule has 8 nitrogen and oxygen atoms in total.